The van der Waals surface area contributed by atoms with E-state index in [4.69, 9.17) is 0 Å². The van der Waals surface area contributed by atoms with Crippen LogP contribution >= 0.6 is 0 Å². The van der Waals surface area contributed by atoms with E-state index in [0.29, 0.717) is 6.42 Å². The summed E-state index contributed by atoms with van der Waals surface area (Å²) >= 11 is 0. The summed E-state index contributed by atoms with van der Waals surface area (Å²) in [5.74, 6) is -0.513. The number of carbonyl (C=O) groups is 1. The third-order valence-corrected chi connectivity index (χ3v) is 12.5. The smallest absolute Gasteiger partial charge is 0.249 e. The minimum Gasteiger partial charge on any atom is -0.394 e. The van der Waals surface area contributed by atoms with Gasteiger partial charge in [0.05, 0.1) is 18.8 Å². The number of nitrogens with one attached hydrogen (secondary N) is 1. The van der Waals surface area contributed by atoms with Crippen LogP contribution in [-0.2, 0) is 4.79 Å². The first kappa shape index (κ1) is 58.6. The van der Waals surface area contributed by atoms with Gasteiger partial charge in [0, 0.05) is 0 Å². The molecule has 0 aliphatic rings. The van der Waals surface area contributed by atoms with Gasteiger partial charge in [-0.05, 0) is 44.9 Å². The van der Waals surface area contributed by atoms with E-state index in [1.54, 1.807) is 6.08 Å². The number of unbranched alkanes of at least 4 members (excludes halogenated alkanes) is 37. The normalized spacial score (nSPS) is 13.6. The Labute approximate surface area is 374 Å². The summed E-state index contributed by atoms with van der Waals surface area (Å²) < 4.78 is 0. The molecule has 0 aliphatic heterocycles. The number of aliphatic hydroxyl groups excluding tert-OH is 3. The Kier molecular flexibility index (Phi) is 49.0. The van der Waals surface area contributed by atoms with Crippen LogP contribution < -0.4 is 5.32 Å². The zero-order valence-electron chi connectivity index (χ0n) is 40.4. The molecule has 0 spiro atoms. The number of carbonyl (C=O) groups excluding carboxylic acids is 1. The van der Waals surface area contributed by atoms with Gasteiger partial charge in [0.25, 0.3) is 0 Å². The molecular weight excluding hydrogens is 739 g/mol. The lowest BCUT2D eigenvalue weighted by atomic mass is 10.0. The predicted octanol–water partition coefficient (Wildman–Crippen LogP) is 16.3. The lowest BCUT2D eigenvalue weighted by Crippen LogP contribution is -2.48. The molecule has 0 rings (SSSR count). The summed E-state index contributed by atoms with van der Waals surface area (Å²) in [5, 5.41) is 33.2. The van der Waals surface area contributed by atoms with Gasteiger partial charge in [-0.2, -0.15) is 0 Å². The fourth-order valence-electron chi connectivity index (χ4n) is 8.28. The molecule has 0 aromatic heterocycles. The highest BCUT2D eigenvalue weighted by Crippen LogP contribution is 2.17. The predicted molar refractivity (Wildman–Crippen MR) is 264 cm³/mol. The number of amides is 1. The first-order chi connectivity index (χ1) is 29.6. The largest absolute Gasteiger partial charge is 0.394 e. The Balaban J connectivity index is 3.57. The highest BCUT2D eigenvalue weighted by molar-refractivity contribution is 5.80. The molecule has 5 nitrogen and oxygen atoms in total. The van der Waals surface area contributed by atoms with Crippen LogP contribution in [0.2, 0.25) is 0 Å². The molecule has 4 N–H and O–H groups in total. The highest BCUT2D eigenvalue weighted by Gasteiger charge is 2.22. The summed E-state index contributed by atoms with van der Waals surface area (Å²) in [6, 6.07) is -0.819. The van der Waals surface area contributed by atoms with Gasteiger partial charge in [-0.1, -0.05) is 275 Å². The van der Waals surface area contributed by atoms with Gasteiger partial charge in [-0.25, -0.2) is 0 Å². The molecule has 1 amide bonds. The van der Waals surface area contributed by atoms with Crippen molar-refractivity contribution in [2.45, 2.75) is 302 Å². The minimum atomic E-state index is -1.11. The van der Waals surface area contributed by atoms with Crippen molar-refractivity contribution >= 4 is 5.91 Å². The molecule has 354 valence electrons. The van der Waals surface area contributed by atoms with Gasteiger partial charge in [-0.15, -0.1) is 0 Å². The molecule has 0 saturated carbocycles. The van der Waals surface area contributed by atoms with Crippen LogP contribution in [0.25, 0.3) is 0 Å². The molecule has 0 fully saturated rings. The van der Waals surface area contributed by atoms with E-state index < -0.39 is 24.2 Å². The molecule has 3 atom stereocenters. The van der Waals surface area contributed by atoms with Gasteiger partial charge in [0.15, 0.2) is 0 Å². The summed E-state index contributed by atoms with van der Waals surface area (Å²) in [6.45, 7) is 4.18. The molecule has 0 aromatic rings. The summed E-state index contributed by atoms with van der Waals surface area (Å²) in [5.41, 5.74) is 0. The van der Waals surface area contributed by atoms with Crippen molar-refractivity contribution in [2.75, 3.05) is 6.61 Å². The van der Waals surface area contributed by atoms with Crippen molar-refractivity contribution in [1.82, 2.24) is 5.32 Å². The van der Waals surface area contributed by atoms with Crippen LogP contribution in [0.1, 0.15) is 284 Å². The SMILES string of the molecule is CCCCCCCCC/C=C/CC/C=C/CC/C=C/C(O)C(CO)NC(=O)C(O)CCCCCCCCCCCCCCCCCCCCCCCCCCCCCCC. The van der Waals surface area contributed by atoms with Crippen LogP contribution in [0.15, 0.2) is 36.5 Å². The number of hydrogen-bond acceptors (Lipinski definition) is 4. The lowest BCUT2D eigenvalue weighted by molar-refractivity contribution is -0.131. The maximum Gasteiger partial charge on any atom is 0.249 e. The molecule has 5 heteroatoms. The molecule has 0 heterocycles. The quantitative estimate of drug-likeness (QED) is 0.0363. The monoisotopic (exact) mass is 844 g/mol. The van der Waals surface area contributed by atoms with Crippen LogP contribution in [0.3, 0.4) is 0 Å². The van der Waals surface area contributed by atoms with Crippen molar-refractivity contribution in [3.8, 4) is 0 Å². The zero-order chi connectivity index (χ0) is 43.7. The van der Waals surface area contributed by atoms with Gasteiger partial charge in [0.1, 0.15) is 6.10 Å². The Bertz CT molecular complexity index is 931. The zero-order valence-corrected chi connectivity index (χ0v) is 40.4. The minimum absolute atomic E-state index is 0.379. The van der Waals surface area contributed by atoms with Crippen LogP contribution in [0.4, 0.5) is 0 Å². The molecule has 0 aliphatic carbocycles. The van der Waals surface area contributed by atoms with Gasteiger partial charge < -0.3 is 20.6 Å². The molecule has 60 heavy (non-hydrogen) atoms. The second-order valence-corrected chi connectivity index (χ2v) is 18.4. The van der Waals surface area contributed by atoms with Crippen LogP contribution in [0.5, 0.6) is 0 Å². The second kappa shape index (κ2) is 50.2. The van der Waals surface area contributed by atoms with Crippen molar-refractivity contribution in [3.63, 3.8) is 0 Å². The van der Waals surface area contributed by atoms with Crippen molar-refractivity contribution < 1.29 is 20.1 Å². The summed E-state index contributed by atoms with van der Waals surface area (Å²) in [7, 11) is 0. The first-order valence-corrected chi connectivity index (χ1v) is 26.8. The van der Waals surface area contributed by atoms with E-state index in [1.807, 2.05) is 6.08 Å². The third-order valence-electron chi connectivity index (χ3n) is 12.5. The number of hydrogen-bond donors (Lipinski definition) is 4. The fraction of sp³-hybridized carbons (Fsp3) is 0.873. The Morgan fingerprint density at radius 1 is 0.400 bits per heavy atom. The average molecular weight is 844 g/mol. The second-order valence-electron chi connectivity index (χ2n) is 18.4. The van der Waals surface area contributed by atoms with E-state index in [9.17, 15) is 20.1 Å². The third kappa shape index (κ3) is 44.6. The standard InChI is InChI=1S/C55H105NO4/c1-3-5-7-9-11-13-15-17-19-21-22-23-24-25-26-27-28-29-30-31-32-34-36-38-40-42-44-46-48-50-54(59)55(60)56-52(51-57)53(58)49-47-45-43-41-39-37-35-33-20-18-16-14-12-10-8-6-4-2/h20,33,39,41,47,49,52-54,57-59H,3-19,21-32,34-38,40,42-46,48,50-51H2,1-2H3,(H,56,60)/b33-20+,41-39+,49-47+. The van der Waals surface area contributed by atoms with E-state index in [0.717, 1.165) is 44.9 Å². The first-order valence-electron chi connectivity index (χ1n) is 26.8. The molecule has 0 saturated heterocycles. The Morgan fingerprint density at radius 3 is 1.02 bits per heavy atom. The van der Waals surface area contributed by atoms with E-state index in [-0.39, 0.29) is 6.61 Å². The van der Waals surface area contributed by atoms with Gasteiger partial charge >= 0.3 is 0 Å². The molecule has 3 unspecified atom stereocenters. The van der Waals surface area contributed by atoms with E-state index >= 15 is 0 Å². The fourth-order valence-corrected chi connectivity index (χ4v) is 8.28. The van der Waals surface area contributed by atoms with Crippen molar-refractivity contribution in [2.24, 2.45) is 0 Å². The van der Waals surface area contributed by atoms with Crippen LogP contribution in [0, 0.1) is 0 Å². The average Bonchev–Trinajstić information content (AvgIpc) is 3.25. The lowest BCUT2D eigenvalue weighted by Gasteiger charge is -2.21. The topological polar surface area (TPSA) is 89.8 Å². The molecule has 0 aromatic carbocycles. The molecule has 0 radical (unpaired) electrons. The van der Waals surface area contributed by atoms with Gasteiger partial charge in [-0.3, -0.25) is 4.79 Å². The highest BCUT2D eigenvalue weighted by atomic mass is 16.3. The van der Waals surface area contributed by atoms with Crippen molar-refractivity contribution in [1.29, 1.82) is 0 Å². The number of aliphatic hydroxyl groups is 3. The Morgan fingerprint density at radius 2 is 0.683 bits per heavy atom. The van der Waals surface area contributed by atoms with E-state index in [2.05, 4.69) is 43.5 Å². The summed E-state index contributed by atoms with van der Waals surface area (Å²) in [4.78, 5) is 12.5. The maximum atomic E-state index is 12.5. The summed E-state index contributed by atoms with van der Waals surface area (Å²) in [6.07, 6.45) is 65.1. The number of rotatable bonds is 49. The Hall–Kier alpha value is -1.43. The van der Waals surface area contributed by atoms with Crippen LogP contribution in [-0.4, -0.2) is 46.1 Å². The molecule has 0 bridgehead atoms. The van der Waals surface area contributed by atoms with E-state index in [1.165, 1.54) is 218 Å². The maximum absolute atomic E-state index is 12.5. The van der Waals surface area contributed by atoms with Crippen molar-refractivity contribution in [3.05, 3.63) is 36.5 Å². The van der Waals surface area contributed by atoms with Gasteiger partial charge in [0.2, 0.25) is 5.91 Å². The number of allylic oxidation sites excluding steroid dienone is 5. The molecular formula is C55H105NO4.